The van der Waals surface area contributed by atoms with E-state index in [1.54, 1.807) is 30.3 Å². The Labute approximate surface area is 138 Å². The Hall–Kier alpha value is -2.55. The zero-order valence-electron chi connectivity index (χ0n) is 12.5. The lowest BCUT2D eigenvalue weighted by Crippen LogP contribution is -2.30. The predicted molar refractivity (Wildman–Crippen MR) is 77.7 cm³/mol. The Kier molecular flexibility index (Phi) is 6.98. The van der Waals surface area contributed by atoms with E-state index >= 15 is 0 Å². The number of hydrogen-bond acceptors (Lipinski definition) is 2. The van der Waals surface area contributed by atoms with Crippen LogP contribution in [0.5, 0.6) is 0 Å². The molecule has 0 radical (unpaired) electrons. The van der Waals surface area contributed by atoms with Crippen LogP contribution in [0.4, 0.5) is 26.3 Å². The van der Waals surface area contributed by atoms with Crippen LogP contribution < -0.4 is 5.32 Å². The van der Waals surface area contributed by atoms with E-state index in [1.807, 2.05) is 0 Å². The molecule has 0 saturated carbocycles. The maximum atomic E-state index is 12.0. The van der Waals surface area contributed by atoms with Gasteiger partial charge in [-0.25, -0.2) is 10.1 Å². The molecule has 2 aromatic rings. The number of carbonyl (C=O) groups is 1. The second-order valence-corrected chi connectivity index (χ2v) is 4.72. The molecule has 136 valence electrons. The Morgan fingerprint density at radius 3 is 2.00 bits per heavy atom. The van der Waals surface area contributed by atoms with Crippen molar-refractivity contribution >= 4 is 5.97 Å². The fourth-order valence-electron chi connectivity index (χ4n) is 1.63. The molecule has 0 amide bonds. The zero-order chi connectivity index (χ0) is 19.1. The van der Waals surface area contributed by atoms with Crippen LogP contribution in [0.1, 0.15) is 21.5 Å². The average molecular weight is 365 g/mol. The van der Waals surface area contributed by atoms with Gasteiger partial charge in [0.05, 0.1) is 11.1 Å². The van der Waals surface area contributed by atoms with Gasteiger partial charge < -0.3 is 5.11 Å². The summed E-state index contributed by atoms with van der Waals surface area (Å²) in [4.78, 5) is 10.3. The normalized spacial score (nSPS) is 11.4. The predicted octanol–water partition coefficient (Wildman–Crippen LogP) is 4.70. The smallest absolute Gasteiger partial charge is 0.457 e. The Morgan fingerprint density at radius 2 is 1.52 bits per heavy atom. The number of halogens is 6. The highest BCUT2D eigenvalue weighted by molar-refractivity contribution is 5.87. The van der Waals surface area contributed by atoms with Crippen molar-refractivity contribution in [1.82, 2.24) is 5.32 Å². The molecule has 2 rings (SSSR count). The first kappa shape index (κ1) is 20.5. The van der Waals surface area contributed by atoms with Crippen LogP contribution in [-0.2, 0) is 12.7 Å². The third-order valence-corrected chi connectivity index (χ3v) is 2.77. The molecule has 0 aliphatic heterocycles. The molecule has 0 spiro atoms. The lowest BCUT2D eigenvalue weighted by molar-refractivity contribution is -0.158. The van der Waals surface area contributed by atoms with Crippen LogP contribution in [0, 0.1) is 0 Å². The van der Waals surface area contributed by atoms with E-state index in [0.717, 1.165) is 18.2 Å². The van der Waals surface area contributed by atoms with Crippen LogP contribution in [-0.4, -0.2) is 17.4 Å². The number of carboxylic acid groups (broad SMARTS) is 1. The van der Waals surface area contributed by atoms with Crippen molar-refractivity contribution in [3.05, 3.63) is 71.3 Å². The number of rotatable bonds is 3. The van der Waals surface area contributed by atoms with E-state index in [-0.39, 0.29) is 12.1 Å². The fourth-order valence-corrected chi connectivity index (χ4v) is 1.63. The summed E-state index contributed by atoms with van der Waals surface area (Å²) in [5.74, 6) is -1.37. The van der Waals surface area contributed by atoms with E-state index in [9.17, 15) is 31.1 Å². The van der Waals surface area contributed by atoms with Gasteiger partial charge in [0.25, 0.3) is 0 Å². The summed E-state index contributed by atoms with van der Waals surface area (Å²) in [5.41, 5.74) is -0.697. The Balaban J connectivity index is 0.000000251. The van der Waals surface area contributed by atoms with Crippen LogP contribution in [0.3, 0.4) is 0 Å². The van der Waals surface area contributed by atoms with Crippen molar-refractivity contribution in [2.24, 2.45) is 0 Å². The van der Waals surface area contributed by atoms with E-state index in [0.29, 0.717) is 11.6 Å². The van der Waals surface area contributed by atoms with E-state index in [4.69, 9.17) is 5.11 Å². The summed E-state index contributed by atoms with van der Waals surface area (Å²) in [7, 11) is 0. The van der Waals surface area contributed by atoms with Crippen molar-refractivity contribution in [2.45, 2.75) is 19.0 Å². The molecule has 2 aromatic carbocycles. The van der Waals surface area contributed by atoms with Gasteiger partial charge in [-0.15, -0.1) is 0 Å². The molecule has 0 saturated heterocycles. The molecule has 3 nitrogen and oxygen atoms in total. The molecule has 0 bridgehead atoms. The highest BCUT2D eigenvalue weighted by atomic mass is 19.4. The van der Waals surface area contributed by atoms with Crippen molar-refractivity contribution < 1.29 is 36.2 Å². The second kappa shape index (κ2) is 8.52. The summed E-state index contributed by atoms with van der Waals surface area (Å²) in [6.45, 7) is -0.176. The molecular formula is C16H13F6NO2. The third kappa shape index (κ3) is 8.20. The van der Waals surface area contributed by atoms with Gasteiger partial charge in [0.2, 0.25) is 0 Å². The second-order valence-electron chi connectivity index (χ2n) is 4.72. The molecule has 0 aliphatic rings. The zero-order valence-corrected chi connectivity index (χ0v) is 12.5. The molecule has 0 aromatic heterocycles. The molecule has 2 N–H and O–H groups in total. The number of hydrogen-bond donors (Lipinski definition) is 2. The van der Waals surface area contributed by atoms with E-state index in [1.165, 1.54) is 5.32 Å². The van der Waals surface area contributed by atoms with Gasteiger partial charge in [0.1, 0.15) is 0 Å². The van der Waals surface area contributed by atoms with Crippen LogP contribution in [0.2, 0.25) is 0 Å². The molecule has 0 heterocycles. The lowest BCUT2D eigenvalue weighted by Gasteiger charge is -2.07. The molecule has 0 unspecified atom stereocenters. The average Bonchev–Trinajstić information content (AvgIpc) is 2.53. The summed E-state index contributed by atoms with van der Waals surface area (Å²) in [6, 6.07) is 12.0. The molecule has 0 aliphatic carbocycles. The van der Waals surface area contributed by atoms with E-state index < -0.39 is 24.0 Å². The minimum absolute atomic E-state index is 0.176. The number of nitrogens with one attached hydrogen (secondary N) is 1. The van der Waals surface area contributed by atoms with Gasteiger partial charge in [-0.2, -0.15) is 26.3 Å². The minimum atomic E-state index is -4.49. The number of benzene rings is 2. The summed E-state index contributed by atoms with van der Waals surface area (Å²) < 4.78 is 71.0. The van der Waals surface area contributed by atoms with E-state index in [2.05, 4.69) is 0 Å². The molecular weight excluding hydrogens is 352 g/mol. The monoisotopic (exact) mass is 365 g/mol. The fraction of sp³-hybridized carbons (Fsp3) is 0.188. The summed E-state index contributed by atoms with van der Waals surface area (Å²) >= 11 is 0. The van der Waals surface area contributed by atoms with Crippen molar-refractivity contribution in [1.29, 1.82) is 0 Å². The van der Waals surface area contributed by atoms with Gasteiger partial charge in [-0.1, -0.05) is 36.4 Å². The van der Waals surface area contributed by atoms with Crippen LogP contribution >= 0.6 is 0 Å². The minimum Gasteiger partial charge on any atom is -0.478 e. The summed E-state index contributed by atoms with van der Waals surface area (Å²) in [5, 5.41) is 9.85. The Morgan fingerprint density at radius 1 is 0.920 bits per heavy atom. The van der Waals surface area contributed by atoms with Crippen molar-refractivity contribution in [3.63, 3.8) is 0 Å². The number of aromatic carboxylic acids is 1. The maximum Gasteiger partial charge on any atom is 0.457 e. The van der Waals surface area contributed by atoms with Crippen molar-refractivity contribution in [3.8, 4) is 0 Å². The highest BCUT2D eigenvalue weighted by Crippen LogP contribution is 2.29. The van der Waals surface area contributed by atoms with Crippen LogP contribution in [0.15, 0.2) is 54.6 Å². The molecule has 0 fully saturated rings. The standard InChI is InChI=1S/C8H8F3N.C8H5F3O2/c9-8(10,11)12-6-7-4-2-1-3-5-7;9-8(10,11)6-3-1-2-5(4-6)7(12)13/h1-5,12H,6H2;1-4H,(H,12,13). The lowest BCUT2D eigenvalue weighted by atomic mass is 10.1. The maximum absolute atomic E-state index is 12.0. The first-order chi connectivity index (χ1) is 11.5. The first-order valence-electron chi connectivity index (χ1n) is 6.75. The van der Waals surface area contributed by atoms with Gasteiger partial charge in [0, 0.05) is 6.54 Å². The molecule has 9 heteroatoms. The number of alkyl halides is 6. The molecule has 0 atom stereocenters. The quantitative estimate of drug-likeness (QED) is 0.612. The van der Waals surface area contributed by atoms with Crippen molar-refractivity contribution in [2.75, 3.05) is 0 Å². The van der Waals surface area contributed by atoms with Gasteiger partial charge >= 0.3 is 18.4 Å². The largest absolute Gasteiger partial charge is 0.478 e. The van der Waals surface area contributed by atoms with Gasteiger partial charge in [-0.05, 0) is 23.8 Å². The topological polar surface area (TPSA) is 49.3 Å². The Bertz CT molecular complexity index is 683. The molecule has 25 heavy (non-hydrogen) atoms. The van der Waals surface area contributed by atoms with Crippen LogP contribution in [0.25, 0.3) is 0 Å². The highest BCUT2D eigenvalue weighted by Gasteiger charge is 2.30. The SMILES string of the molecule is FC(F)(F)NCc1ccccc1.O=C(O)c1cccc(C(F)(F)F)c1. The summed E-state index contributed by atoms with van der Waals surface area (Å²) in [6.07, 6.45) is -8.79. The van der Waals surface area contributed by atoms with Gasteiger partial charge in [-0.3, -0.25) is 0 Å². The first-order valence-corrected chi connectivity index (χ1v) is 6.75. The third-order valence-electron chi connectivity index (χ3n) is 2.77. The number of carboxylic acids is 1. The van der Waals surface area contributed by atoms with Gasteiger partial charge in [0.15, 0.2) is 0 Å².